The molecular weight excluding hydrogens is 828 g/mol. The van der Waals surface area contributed by atoms with Crippen LogP contribution in [0.25, 0.3) is 0 Å². The van der Waals surface area contributed by atoms with E-state index < -0.39 is 112 Å². The van der Waals surface area contributed by atoms with Crippen molar-refractivity contribution in [3.8, 4) is 0 Å². The molecule has 4 aliphatic heterocycles. The summed E-state index contributed by atoms with van der Waals surface area (Å²) in [5.41, 5.74) is 1.57. The lowest BCUT2D eigenvalue weighted by molar-refractivity contribution is -0.373. The summed E-state index contributed by atoms with van der Waals surface area (Å²) in [4.78, 5) is 0. The van der Waals surface area contributed by atoms with Crippen molar-refractivity contribution < 1.29 is 89.3 Å². The Bertz CT molecular complexity index is 1580. The van der Waals surface area contributed by atoms with Gasteiger partial charge < -0.3 is 89.3 Å². The van der Waals surface area contributed by atoms with Crippen LogP contribution in [-0.2, 0) is 33.2 Å². The Morgan fingerprint density at radius 3 is 1.87 bits per heavy atom. The normalized spacial score (nSPS) is 52.7. The molecule has 362 valence electrons. The minimum atomic E-state index is -1.74. The molecule has 18 heteroatoms. The average molecular weight is 903 g/mol. The zero-order chi connectivity index (χ0) is 45.3. The molecule has 8 rings (SSSR count). The lowest BCUT2D eigenvalue weighted by atomic mass is 9.44. The van der Waals surface area contributed by atoms with Gasteiger partial charge in [-0.25, -0.2) is 0 Å². The molecule has 8 aliphatic rings. The molecule has 0 unspecified atom stereocenters. The average Bonchev–Trinajstić information content (AvgIpc) is 3.76. The summed E-state index contributed by atoms with van der Waals surface area (Å²) >= 11 is 0. The summed E-state index contributed by atoms with van der Waals surface area (Å²) in [6, 6.07) is 0. The smallest absolute Gasteiger partial charge is 0.187 e. The molecule has 0 aromatic rings. The fourth-order valence-electron chi connectivity index (χ4n) is 13.7. The molecule has 0 aromatic heterocycles. The van der Waals surface area contributed by atoms with Gasteiger partial charge >= 0.3 is 0 Å². The number of hydrogen-bond acceptors (Lipinski definition) is 18. The Kier molecular flexibility index (Phi) is 14.6. The summed E-state index contributed by atoms with van der Waals surface area (Å²) in [6.07, 6.45) is -12.1. The van der Waals surface area contributed by atoms with E-state index in [0.29, 0.717) is 29.6 Å². The Morgan fingerprint density at radius 2 is 1.22 bits per heavy atom. The van der Waals surface area contributed by atoms with Crippen molar-refractivity contribution in [2.45, 2.75) is 196 Å². The number of rotatable bonds is 13. The van der Waals surface area contributed by atoms with Gasteiger partial charge in [0.15, 0.2) is 18.9 Å². The maximum absolute atomic E-state index is 11.2. The van der Waals surface area contributed by atoms with Crippen LogP contribution in [0.1, 0.15) is 91.9 Å². The van der Waals surface area contributed by atoms with E-state index in [9.17, 15) is 56.2 Å². The molecule has 0 radical (unpaired) electrons. The first-order valence-corrected chi connectivity index (χ1v) is 23.5. The number of hydrogen-bond donors (Lipinski definition) is 11. The highest BCUT2D eigenvalue weighted by atomic mass is 16.8. The van der Waals surface area contributed by atoms with Crippen molar-refractivity contribution in [2.75, 3.05) is 26.4 Å². The van der Waals surface area contributed by atoms with Crippen molar-refractivity contribution >= 4 is 0 Å². The second-order valence-corrected chi connectivity index (χ2v) is 20.9. The fraction of sp³-hybridized carbons (Fsp3) is 0.956. The van der Waals surface area contributed by atoms with Gasteiger partial charge in [-0.05, 0) is 111 Å². The van der Waals surface area contributed by atoms with E-state index in [4.69, 9.17) is 33.2 Å². The standard InChI is InChI=1S/C45H74O18/c1-19(18-57-41-38(55)35(52)32(49)28(15-46)60-41)5-8-26-20(2)31-27(59-26)14-25-23-7-6-21-13-22(9-11-44(21,3)24(23)10-12-45(25,31)4)58-43-40(37(54)34(51)30(17-48)62-43)63-42-39(56)36(53)33(50)29(16-47)61-42/h19,21-25,27-43,46-56H,5-18H2,1-4H3/t19-,21+,22+,23+,24-,25+,27-,28+,29+,30+,31-,32+,33+,34-,35-,36-,37-,38+,39+,40+,41+,42-,43+,44-,45-/m0/s1. The van der Waals surface area contributed by atoms with Crippen molar-refractivity contribution in [1.82, 2.24) is 0 Å². The number of fused-ring (bicyclic) bond motifs is 7. The lowest BCUT2D eigenvalue weighted by Crippen LogP contribution is -2.65. The summed E-state index contributed by atoms with van der Waals surface area (Å²) in [5.74, 6) is 3.56. The van der Waals surface area contributed by atoms with E-state index in [1.54, 1.807) is 0 Å². The van der Waals surface area contributed by atoms with Crippen LogP contribution >= 0.6 is 0 Å². The van der Waals surface area contributed by atoms with E-state index in [0.717, 1.165) is 70.0 Å². The highest BCUT2D eigenvalue weighted by molar-refractivity contribution is 5.26. The van der Waals surface area contributed by atoms with Crippen molar-refractivity contribution in [2.24, 2.45) is 46.3 Å². The lowest BCUT2D eigenvalue weighted by Gasteiger charge is -2.61. The van der Waals surface area contributed by atoms with Crippen LogP contribution in [0, 0.1) is 46.3 Å². The predicted octanol–water partition coefficient (Wildman–Crippen LogP) is -0.830. The first-order valence-electron chi connectivity index (χ1n) is 23.5. The van der Waals surface area contributed by atoms with Crippen molar-refractivity contribution in [1.29, 1.82) is 0 Å². The van der Waals surface area contributed by atoms with E-state index in [1.165, 1.54) is 5.57 Å². The molecule has 11 N–H and O–H groups in total. The molecule has 0 bridgehead atoms. The van der Waals surface area contributed by atoms with Crippen molar-refractivity contribution in [3.05, 3.63) is 11.3 Å². The van der Waals surface area contributed by atoms with Crippen LogP contribution in [0.2, 0.25) is 0 Å². The molecule has 7 fully saturated rings. The van der Waals surface area contributed by atoms with Gasteiger partial charge in [-0.3, -0.25) is 0 Å². The largest absolute Gasteiger partial charge is 0.494 e. The molecule has 0 amide bonds. The highest BCUT2D eigenvalue weighted by Gasteiger charge is 2.65. The molecule has 25 atom stereocenters. The Morgan fingerprint density at radius 1 is 0.635 bits per heavy atom. The third-order valence-electron chi connectivity index (χ3n) is 17.4. The van der Waals surface area contributed by atoms with E-state index in [1.807, 2.05) is 0 Å². The van der Waals surface area contributed by atoms with Crippen LogP contribution < -0.4 is 0 Å². The minimum absolute atomic E-state index is 0.0928. The van der Waals surface area contributed by atoms with Gasteiger partial charge in [0.25, 0.3) is 0 Å². The van der Waals surface area contributed by atoms with Gasteiger partial charge in [-0.1, -0.05) is 20.8 Å². The minimum Gasteiger partial charge on any atom is -0.494 e. The zero-order valence-electron chi connectivity index (χ0n) is 37.0. The number of allylic oxidation sites excluding steroid dienone is 1. The van der Waals surface area contributed by atoms with Crippen LogP contribution in [0.4, 0.5) is 0 Å². The molecule has 4 aliphatic carbocycles. The summed E-state index contributed by atoms with van der Waals surface area (Å²) in [7, 11) is 0. The highest BCUT2D eigenvalue weighted by Crippen LogP contribution is 2.70. The molecule has 63 heavy (non-hydrogen) atoms. The second-order valence-electron chi connectivity index (χ2n) is 20.9. The van der Waals surface area contributed by atoms with Crippen molar-refractivity contribution in [3.63, 3.8) is 0 Å². The third-order valence-corrected chi connectivity index (χ3v) is 17.4. The topological polar surface area (TPSA) is 287 Å². The van der Waals surface area contributed by atoms with Gasteiger partial charge in [0, 0.05) is 12.3 Å². The van der Waals surface area contributed by atoms with Crippen LogP contribution in [-0.4, -0.2) is 187 Å². The Hall–Kier alpha value is -1.14. The van der Waals surface area contributed by atoms with Crippen LogP contribution in [0.15, 0.2) is 11.3 Å². The summed E-state index contributed by atoms with van der Waals surface area (Å²) in [6.45, 7) is 7.74. The number of aliphatic hydroxyl groups is 11. The SMILES string of the molecule is CC1=C(CC[C@H](C)CO[C@@H]2O[C@H](CO)[C@@H](O)[C@H](O)[C@H]2O)O[C@H]2C[C@@H]3[C@@H]4CC[C@@H]5C[C@H](O[C@@H]6O[C@H](CO)[C@H](O)[C@H](O)[C@H]6O[C@@H]6O[C@H](CO)[C@@H](O)[C@H](O)[C@H]6O)CC[C@]5(C)[C@H]4CC[C@]3(C)[C@@H]12. The maximum Gasteiger partial charge on any atom is 0.187 e. The van der Waals surface area contributed by atoms with E-state index >= 15 is 0 Å². The van der Waals surface area contributed by atoms with Gasteiger partial charge in [-0.15, -0.1) is 0 Å². The molecule has 18 nitrogen and oxygen atoms in total. The van der Waals surface area contributed by atoms with Gasteiger partial charge in [-0.2, -0.15) is 0 Å². The Labute approximate surface area is 369 Å². The quantitative estimate of drug-likeness (QED) is 0.101. The van der Waals surface area contributed by atoms with Gasteiger partial charge in [0.05, 0.1) is 38.3 Å². The molecule has 3 saturated heterocycles. The van der Waals surface area contributed by atoms with E-state index in [2.05, 4.69) is 27.7 Å². The summed E-state index contributed by atoms with van der Waals surface area (Å²) < 4.78 is 42.2. The number of aliphatic hydroxyl groups excluding tert-OH is 11. The summed E-state index contributed by atoms with van der Waals surface area (Å²) in [5, 5.41) is 113. The second kappa shape index (κ2) is 19.1. The first-order chi connectivity index (χ1) is 29.9. The van der Waals surface area contributed by atoms with Gasteiger partial charge in [0.2, 0.25) is 0 Å². The third kappa shape index (κ3) is 8.68. The van der Waals surface area contributed by atoms with Crippen LogP contribution in [0.3, 0.4) is 0 Å². The van der Waals surface area contributed by atoms with Gasteiger partial charge in [0.1, 0.15) is 79.4 Å². The predicted molar refractivity (Wildman–Crippen MR) is 218 cm³/mol. The molecular formula is C45H74O18. The monoisotopic (exact) mass is 902 g/mol. The first kappa shape index (κ1) is 48.3. The molecule has 4 heterocycles. The molecule has 0 spiro atoms. The van der Waals surface area contributed by atoms with E-state index in [-0.39, 0.29) is 35.6 Å². The van der Waals surface area contributed by atoms with Crippen LogP contribution in [0.5, 0.6) is 0 Å². The number of ether oxygens (including phenoxy) is 7. The molecule has 4 saturated carbocycles. The fourth-order valence-corrected chi connectivity index (χ4v) is 13.7. The maximum atomic E-state index is 11.2. The zero-order valence-corrected chi connectivity index (χ0v) is 37.0. The Balaban J connectivity index is 0.872. The molecule has 0 aromatic carbocycles.